The summed E-state index contributed by atoms with van der Waals surface area (Å²) < 4.78 is 5.64. The van der Waals surface area contributed by atoms with Gasteiger partial charge in [0.15, 0.2) is 0 Å². The van der Waals surface area contributed by atoms with Crippen molar-refractivity contribution in [1.29, 1.82) is 0 Å². The Kier molecular flexibility index (Phi) is 3.97. The van der Waals surface area contributed by atoms with E-state index in [1.807, 2.05) is 17.5 Å². The minimum atomic E-state index is -0.856. The van der Waals surface area contributed by atoms with E-state index in [-0.39, 0.29) is 18.9 Å². The first-order valence-electron chi connectivity index (χ1n) is 7.40. The highest BCUT2D eigenvalue weighted by Crippen LogP contribution is 2.31. The fourth-order valence-electron chi connectivity index (χ4n) is 2.70. The minimum Gasteiger partial charge on any atom is -0.481 e. The van der Waals surface area contributed by atoms with Gasteiger partial charge >= 0.3 is 5.97 Å². The summed E-state index contributed by atoms with van der Waals surface area (Å²) in [6.07, 6.45) is 0.614. The van der Waals surface area contributed by atoms with Crippen molar-refractivity contribution in [3.8, 4) is 10.8 Å². The molecule has 23 heavy (non-hydrogen) atoms. The van der Waals surface area contributed by atoms with Crippen LogP contribution in [-0.4, -0.2) is 40.0 Å². The van der Waals surface area contributed by atoms with Crippen LogP contribution in [0.1, 0.15) is 24.8 Å². The van der Waals surface area contributed by atoms with Gasteiger partial charge in [-0.2, -0.15) is 0 Å². The van der Waals surface area contributed by atoms with Gasteiger partial charge in [0.1, 0.15) is 5.76 Å². The molecule has 0 radical (unpaired) electrons. The first-order valence-corrected chi connectivity index (χ1v) is 8.28. The largest absolute Gasteiger partial charge is 0.481 e. The summed E-state index contributed by atoms with van der Waals surface area (Å²) in [5.74, 6) is 0.188. The molecule has 0 bridgehead atoms. The Morgan fingerprint density at radius 2 is 2.30 bits per heavy atom. The number of aryl methyl sites for hydroxylation is 1. The number of rotatable bonds is 4. The molecule has 1 atom stereocenters. The second kappa shape index (κ2) is 5.81. The molecule has 1 fully saturated rings. The summed E-state index contributed by atoms with van der Waals surface area (Å²) in [6.45, 7) is 4.18. The van der Waals surface area contributed by atoms with Gasteiger partial charge in [-0.3, -0.25) is 9.59 Å². The Hall–Kier alpha value is -2.15. The zero-order valence-corrected chi connectivity index (χ0v) is 13.9. The molecule has 1 unspecified atom stereocenters. The zero-order valence-electron chi connectivity index (χ0n) is 13.0. The van der Waals surface area contributed by atoms with Gasteiger partial charge in [-0.1, -0.05) is 6.07 Å². The van der Waals surface area contributed by atoms with E-state index in [2.05, 4.69) is 4.98 Å². The van der Waals surface area contributed by atoms with Crippen molar-refractivity contribution in [1.82, 2.24) is 9.88 Å². The molecule has 1 aliphatic rings. The second-order valence-electron chi connectivity index (χ2n) is 6.11. The number of carbonyl (C=O) groups excluding carboxylic acids is 1. The molecular formula is C16H18N2O4S. The number of aromatic nitrogens is 1. The van der Waals surface area contributed by atoms with E-state index in [1.54, 1.807) is 18.7 Å². The molecule has 0 saturated carbocycles. The number of carboxylic acid groups (broad SMARTS) is 1. The maximum Gasteiger partial charge on any atom is 0.311 e. The smallest absolute Gasteiger partial charge is 0.311 e. The van der Waals surface area contributed by atoms with Crippen molar-refractivity contribution in [2.75, 3.05) is 13.1 Å². The minimum absolute atomic E-state index is 0.107. The van der Waals surface area contributed by atoms with Gasteiger partial charge in [-0.15, -0.1) is 11.3 Å². The summed E-state index contributed by atoms with van der Waals surface area (Å²) in [5, 5.41) is 11.2. The van der Waals surface area contributed by atoms with Gasteiger partial charge in [0.05, 0.1) is 22.4 Å². The number of thiophene rings is 1. The van der Waals surface area contributed by atoms with Crippen LogP contribution in [0.25, 0.3) is 10.8 Å². The quantitative estimate of drug-likeness (QED) is 0.929. The van der Waals surface area contributed by atoms with Gasteiger partial charge in [-0.05, 0) is 31.7 Å². The van der Waals surface area contributed by atoms with Crippen molar-refractivity contribution in [2.24, 2.45) is 5.41 Å². The van der Waals surface area contributed by atoms with Gasteiger partial charge in [0.2, 0.25) is 11.8 Å². The fourth-order valence-corrected chi connectivity index (χ4v) is 3.35. The molecule has 1 N–H and O–H groups in total. The first kappa shape index (κ1) is 15.7. The molecule has 1 aliphatic heterocycles. The number of likely N-dealkylation sites (tertiary alicyclic amines) is 1. The molecule has 0 spiro atoms. The van der Waals surface area contributed by atoms with Crippen LogP contribution in [-0.2, 0) is 16.0 Å². The van der Waals surface area contributed by atoms with Crippen LogP contribution in [0.3, 0.4) is 0 Å². The van der Waals surface area contributed by atoms with E-state index >= 15 is 0 Å². The Bertz CT molecular complexity index is 737. The number of amides is 1. The van der Waals surface area contributed by atoms with E-state index in [9.17, 15) is 14.7 Å². The Morgan fingerprint density at radius 1 is 1.52 bits per heavy atom. The number of hydrogen-bond acceptors (Lipinski definition) is 5. The Labute approximate surface area is 137 Å². The molecule has 1 saturated heterocycles. The predicted molar refractivity (Wildman–Crippen MR) is 85.2 cm³/mol. The molecule has 0 aromatic carbocycles. The van der Waals surface area contributed by atoms with Crippen molar-refractivity contribution >= 4 is 23.2 Å². The van der Waals surface area contributed by atoms with Crippen LogP contribution in [0.5, 0.6) is 0 Å². The lowest BCUT2D eigenvalue weighted by Gasteiger charge is -2.19. The SMILES string of the molecule is Cc1oc(-c2cccs2)nc1CC(=O)N1CCC(C)(C(=O)O)C1. The summed E-state index contributed by atoms with van der Waals surface area (Å²) in [7, 11) is 0. The van der Waals surface area contributed by atoms with E-state index in [1.165, 1.54) is 11.3 Å². The van der Waals surface area contributed by atoms with Crippen LogP contribution in [0.4, 0.5) is 0 Å². The highest BCUT2D eigenvalue weighted by atomic mass is 32.1. The molecule has 1 amide bonds. The maximum atomic E-state index is 12.4. The topological polar surface area (TPSA) is 83.6 Å². The number of nitrogens with zero attached hydrogens (tertiary/aromatic N) is 2. The highest BCUT2D eigenvalue weighted by Gasteiger charge is 2.42. The lowest BCUT2D eigenvalue weighted by atomic mass is 9.90. The van der Waals surface area contributed by atoms with Crippen molar-refractivity contribution in [3.05, 3.63) is 29.0 Å². The Balaban J connectivity index is 1.71. The molecular weight excluding hydrogens is 316 g/mol. The lowest BCUT2D eigenvalue weighted by molar-refractivity contribution is -0.147. The van der Waals surface area contributed by atoms with Crippen molar-refractivity contribution < 1.29 is 19.1 Å². The molecule has 6 nitrogen and oxygen atoms in total. The van der Waals surface area contributed by atoms with Crippen LogP contribution in [0, 0.1) is 12.3 Å². The maximum absolute atomic E-state index is 12.4. The fraction of sp³-hybridized carbons (Fsp3) is 0.438. The summed E-state index contributed by atoms with van der Waals surface area (Å²) in [4.78, 5) is 30.6. The zero-order chi connectivity index (χ0) is 16.6. The van der Waals surface area contributed by atoms with Crippen LogP contribution >= 0.6 is 11.3 Å². The number of aliphatic carboxylic acids is 1. The lowest BCUT2D eigenvalue weighted by Crippen LogP contribution is -2.35. The molecule has 3 rings (SSSR count). The third-order valence-electron chi connectivity index (χ3n) is 4.29. The third kappa shape index (κ3) is 3.01. The number of hydrogen-bond donors (Lipinski definition) is 1. The second-order valence-corrected chi connectivity index (χ2v) is 7.05. The van der Waals surface area contributed by atoms with Gasteiger partial charge in [-0.25, -0.2) is 4.98 Å². The summed E-state index contributed by atoms with van der Waals surface area (Å²) in [5.41, 5.74) is -0.237. The third-order valence-corrected chi connectivity index (χ3v) is 5.14. The monoisotopic (exact) mass is 334 g/mol. The predicted octanol–water partition coefficient (Wildman–Crippen LogP) is 2.58. The first-order chi connectivity index (χ1) is 10.9. The average Bonchev–Trinajstić information content (AvgIpc) is 3.20. The standard InChI is InChI=1S/C16H18N2O4S/c1-10-11(17-14(22-10)12-4-3-7-23-12)8-13(19)18-6-5-16(2,9-18)15(20)21/h3-4,7H,5-6,8-9H2,1-2H3,(H,20,21). The average molecular weight is 334 g/mol. The van der Waals surface area contributed by atoms with E-state index in [4.69, 9.17) is 4.42 Å². The van der Waals surface area contributed by atoms with Crippen molar-refractivity contribution in [3.63, 3.8) is 0 Å². The Morgan fingerprint density at radius 3 is 2.91 bits per heavy atom. The van der Waals surface area contributed by atoms with Gasteiger partial charge in [0.25, 0.3) is 0 Å². The molecule has 2 aromatic heterocycles. The van der Waals surface area contributed by atoms with Gasteiger partial charge in [0, 0.05) is 13.1 Å². The molecule has 2 aromatic rings. The van der Waals surface area contributed by atoms with Crippen molar-refractivity contribution in [2.45, 2.75) is 26.7 Å². The van der Waals surface area contributed by atoms with E-state index in [0.717, 1.165) is 4.88 Å². The van der Waals surface area contributed by atoms with E-state index < -0.39 is 11.4 Å². The van der Waals surface area contributed by atoms with Crippen LogP contribution < -0.4 is 0 Å². The van der Waals surface area contributed by atoms with Crippen LogP contribution in [0.2, 0.25) is 0 Å². The number of carbonyl (C=O) groups is 2. The molecule has 122 valence electrons. The molecule has 7 heteroatoms. The summed E-state index contributed by atoms with van der Waals surface area (Å²) in [6, 6.07) is 3.83. The number of oxazole rings is 1. The summed E-state index contributed by atoms with van der Waals surface area (Å²) >= 11 is 1.53. The molecule has 3 heterocycles. The normalized spacial score (nSPS) is 20.9. The number of carboxylic acids is 1. The molecule has 0 aliphatic carbocycles. The van der Waals surface area contributed by atoms with Crippen LogP contribution in [0.15, 0.2) is 21.9 Å². The highest BCUT2D eigenvalue weighted by molar-refractivity contribution is 7.13. The van der Waals surface area contributed by atoms with Gasteiger partial charge < -0.3 is 14.4 Å². The van der Waals surface area contributed by atoms with E-state index in [0.29, 0.717) is 30.3 Å².